The molecule has 0 saturated heterocycles. The van der Waals surface area contributed by atoms with Crippen LogP contribution in [0.1, 0.15) is 44.7 Å². The summed E-state index contributed by atoms with van der Waals surface area (Å²) in [6, 6.07) is 10.3. The molecule has 0 fully saturated rings. The summed E-state index contributed by atoms with van der Waals surface area (Å²) in [5.74, 6) is 0.399. The molecule has 1 N–H and O–H groups in total. The van der Waals surface area contributed by atoms with E-state index in [9.17, 15) is 9.59 Å². The van der Waals surface area contributed by atoms with Crippen LogP contribution in [0.5, 0.6) is 0 Å². The highest BCUT2D eigenvalue weighted by Gasteiger charge is 2.23. The van der Waals surface area contributed by atoms with Crippen LogP contribution in [0.15, 0.2) is 70.5 Å². The average molecular weight is 444 g/mol. The lowest BCUT2D eigenvalue weighted by Crippen LogP contribution is -2.33. The van der Waals surface area contributed by atoms with Crippen molar-refractivity contribution in [3.05, 3.63) is 77.1 Å². The Morgan fingerprint density at radius 1 is 1.15 bits per heavy atom. The number of hydrogen-bond donors (Lipinski definition) is 1. The minimum atomic E-state index is -0.704. The van der Waals surface area contributed by atoms with E-state index in [-0.39, 0.29) is 23.2 Å². The van der Waals surface area contributed by atoms with Crippen LogP contribution in [0.4, 0.5) is 5.69 Å². The Morgan fingerprint density at radius 3 is 2.61 bits per heavy atom. The van der Waals surface area contributed by atoms with Crippen LogP contribution in [0.3, 0.4) is 0 Å². The second kappa shape index (κ2) is 9.56. The minimum Gasteiger partial charge on any atom is -0.333 e. The van der Waals surface area contributed by atoms with Gasteiger partial charge < -0.3 is 14.4 Å². The molecule has 0 spiro atoms. The normalized spacial score (nSPS) is 12.0. The number of amides is 1. The standard InChI is InChI=1S/C24H24N6O3/c1-4-20(22(31)27-17-9-7-16(8-10-17)15(2)3)30-13-5-6-18(24(30)32)23-28-21(29-33-23)19-14-25-11-12-26-19/h5-15,20H,4H2,1-3H3,(H,27,31)/t20-/m0/s1. The predicted molar refractivity (Wildman–Crippen MR) is 124 cm³/mol. The van der Waals surface area contributed by atoms with Crippen molar-refractivity contribution in [2.24, 2.45) is 0 Å². The largest absolute Gasteiger partial charge is 0.333 e. The lowest BCUT2D eigenvalue weighted by Gasteiger charge is -2.18. The van der Waals surface area contributed by atoms with E-state index in [2.05, 4.69) is 39.3 Å². The number of carbonyl (C=O) groups is 1. The minimum absolute atomic E-state index is 0.0505. The van der Waals surface area contributed by atoms with Gasteiger partial charge in [0.05, 0.1) is 6.20 Å². The van der Waals surface area contributed by atoms with Crippen molar-refractivity contribution in [2.45, 2.75) is 39.2 Å². The summed E-state index contributed by atoms with van der Waals surface area (Å²) in [7, 11) is 0. The molecule has 33 heavy (non-hydrogen) atoms. The molecule has 9 heteroatoms. The number of benzene rings is 1. The van der Waals surface area contributed by atoms with E-state index >= 15 is 0 Å². The number of carbonyl (C=O) groups excluding carboxylic acids is 1. The van der Waals surface area contributed by atoms with Crippen molar-refractivity contribution < 1.29 is 9.32 Å². The summed E-state index contributed by atoms with van der Waals surface area (Å²) >= 11 is 0. The fourth-order valence-corrected chi connectivity index (χ4v) is 3.46. The van der Waals surface area contributed by atoms with Gasteiger partial charge in [-0.15, -0.1) is 0 Å². The van der Waals surface area contributed by atoms with Gasteiger partial charge in [0, 0.05) is 24.3 Å². The molecular formula is C24H24N6O3. The summed E-state index contributed by atoms with van der Waals surface area (Å²) < 4.78 is 6.69. The van der Waals surface area contributed by atoms with E-state index in [1.54, 1.807) is 18.3 Å². The highest BCUT2D eigenvalue weighted by atomic mass is 16.5. The number of rotatable bonds is 7. The zero-order chi connectivity index (χ0) is 23.4. The number of aromatic nitrogens is 5. The molecule has 1 atom stereocenters. The molecule has 0 aliphatic carbocycles. The molecule has 0 unspecified atom stereocenters. The highest BCUT2D eigenvalue weighted by Crippen LogP contribution is 2.21. The molecule has 0 aliphatic rings. The van der Waals surface area contributed by atoms with Gasteiger partial charge in [-0.2, -0.15) is 4.98 Å². The molecule has 0 aliphatic heterocycles. The zero-order valence-electron chi connectivity index (χ0n) is 18.6. The van der Waals surface area contributed by atoms with E-state index in [1.807, 2.05) is 31.2 Å². The van der Waals surface area contributed by atoms with Crippen LogP contribution in [0, 0.1) is 0 Å². The van der Waals surface area contributed by atoms with Crippen molar-refractivity contribution in [2.75, 3.05) is 5.32 Å². The van der Waals surface area contributed by atoms with E-state index in [0.29, 0.717) is 23.7 Å². The van der Waals surface area contributed by atoms with Gasteiger partial charge in [-0.1, -0.05) is 38.1 Å². The Labute approximate surface area is 190 Å². The van der Waals surface area contributed by atoms with E-state index in [4.69, 9.17) is 4.52 Å². The Hall–Kier alpha value is -4.14. The summed E-state index contributed by atoms with van der Waals surface area (Å²) in [6.45, 7) is 6.07. The molecule has 1 aromatic carbocycles. The van der Waals surface area contributed by atoms with Crippen LogP contribution in [-0.2, 0) is 4.79 Å². The Morgan fingerprint density at radius 2 is 1.94 bits per heavy atom. The first-order valence-electron chi connectivity index (χ1n) is 10.7. The van der Waals surface area contributed by atoms with Gasteiger partial charge in [-0.05, 0) is 42.2 Å². The van der Waals surface area contributed by atoms with Gasteiger partial charge in [0.25, 0.3) is 11.4 Å². The summed E-state index contributed by atoms with van der Waals surface area (Å²) in [4.78, 5) is 38.6. The van der Waals surface area contributed by atoms with E-state index in [0.717, 1.165) is 0 Å². The lowest BCUT2D eigenvalue weighted by molar-refractivity contribution is -0.119. The number of anilines is 1. The monoisotopic (exact) mass is 444 g/mol. The maximum Gasteiger partial charge on any atom is 0.264 e. The molecule has 9 nitrogen and oxygen atoms in total. The van der Waals surface area contributed by atoms with Crippen molar-refractivity contribution in [1.82, 2.24) is 24.7 Å². The SMILES string of the molecule is CC[C@@H](C(=O)Nc1ccc(C(C)C)cc1)n1cccc(-c2nc(-c3cnccn3)no2)c1=O. The maximum atomic E-state index is 13.2. The maximum absolute atomic E-state index is 13.2. The number of pyridine rings is 1. The lowest BCUT2D eigenvalue weighted by atomic mass is 10.0. The van der Waals surface area contributed by atoms with Gasteiger partial charge in [-0.3, -0.25) is 14.6 Å². The Bertz CT molecular complexity index is 1300. The van der Waals surface area contributed by atoms with Crippen LogP contribution >= 0.6 is 0 Å². The molecule has 4 rings (SSSR count). The van der Waals surface area contributed by atoms with Gasteiger partial charge in [0.2, 0.25) is 11.7 Å². The average Bonchev–Trinajstić information content (AvgIpc) is 3.32. The molecule has 3 aromatic heterocycles. The molecule has 0 saturated carbocycles. The first-order chi connectivity index (χ1) is 16.0. The van der Waals surface area contributed by atoms with Crippen LogP contribution in [-0.4, -0.2) is 30.6 Å². The third-order valence-corrected chi connectivity index (χ3v) is 5.29. The van der Waals surface area contributed by atoms with Gasteiger partial charge in [0.15, 0.2) is 0 Å². The van der Waals surface area contributed by atoms with E-state index < -0.39 is 11.6 Å². The van der Waals surface area contributed by atoms with Crippen LogP contribution in [0.25, 0.3) is 23.0 Å². The Balaban J connectivity index is 1.59. The molecular weight excluding hydrogens is 420 g/mol. The zero-order valence-corrected chi connectivity index (χ0v) is 18.6. The number of hydrogen-bond acceptors (Lipinski definition) is 7. The molecule has 1 amide bonds. The van der Waals surface area contributed by atoms with Gasteiger partial charge >= 0.3 is 0 Å². The van der Waals surface area contributed by atoms with Crippen molar-refractivity contribution in [3.63, 3.8) is 0 Å². The van der Waals surface area contributed by atoms with E-state index in [1.165, 1.54) is 28.7 Å². The smallest absolute Gasteiger partial charge is 0.264 e. The number of nitrogens with zero attached hydrogens (tertiary/aromatic N) is 5. The summed E-state index contributed by atoms with van der Waals surface area (Å²) in [6.07, 6.45) is 6.56. The summed E-state index contributed by atoms with van der Waals surface area (Å²) in [5, 5.41) is 6.80. The fourth-order valence-electron chi connectivity index (χ4n) is 3.46. The fraction of sp³-hybridized carbons (Fsp3) is 0.250. The number of nitrogens with one attached hydrogen (secondary N) is 1. The van der Waals surface area contributed by atoms with Crippen LogP contribution < -0.4 is 10.9 Å². The molecule has 3 heterocycles. The van der Waals surface area contributed by atoms with Gasteiger partial charge in [-0.25, -0.2) is 4.98 Å². The van der Waals surface area contributed by atoms with Crippen molar-refractivity contribution >= 4 is 11.6 Å². The third kappa shape index (κ3) is 4.72. The topological polar surface area (TPSA) is 116 Å². The second-order valence-corrected chi connectivity index (χ2v) is 7.84. The predicted octanol–water partition coefficient (Wildman–Crippen LogP) is 4.07. The van der Waals surface area contributed by atoms with Crippen molar-refractivity contribution in [1.29, 1.82) is 0 Å². The third-order valence-electron chi connectivity index (χ3n) is 5.29. The highest BCUT2D eigenvalue weighted by molar-refractivity contribution is 5.93. The molecule has 168 valence electrons. The van der Waals surface area contributed by atoms with Crippen LogP contribution in [0.2, 0.25) is 0 Å². The quantitative estimate of drug-likeness (QED) is 0.457. The first-order valence-corrected chi connectivity index (χ1v) is 10.7. The van der Waals surface area contributed by atoms with Crippen molar-refractivity contribution in [3.8, 4) is 23.0 Å². The first kappa shape index (κ1) is 22.1. The molecule has 0 bridgehead atoms. The van der Waals surface area contributed by atoms with Gasteiger partial charge in [0.1, 0.15) is 17.3 Å². The molecule has 4 aromatic rings. The second-order valence-electron chi connectivity index (χ2n) is 7.84. The Kier molecular flexibility index (Phi) is 6.39. The summed E-state index contributed by atoms with van der Waals surface area (Å²) in [5.41, 5.74) is 2.09. The molecule has 0 radical (unpaired) electrons.